The molecular formula is C15H22N2. The van der Waals surface area contributed by atoms with E-state index in [1.54, 1.807) is 11.1 Å². The van der Waals surface area contributed by atoms with E-state index in [9.17, 15) is 0 Å². The van der Waals surface area contributed by atoms with Crippen molar-refractivity contribution in [2.45, 2.75) is 44.7 Å². The standard InChI is InChI=1S/C15H22N2/c1-11-8-15(10-17(11)2)16-14-7-6-12-4-3-5-13(12)9-14/h6-7,9,11,15-16H,3-5,8,10H2,1-2H3. The summed E-state index contributed by atoms with van der Waals surface area (Å²) in [4.78, 5) is 2.44. The zero-order valence-electron chi connectivity index (χ0n) is 10.9. The third kappa shape index (κ3) is 2.19. The molecule has 0 bridgehead atoms. The van der Waals surface area contributed by atoms with Crippen LogP contribution in [-0.4, -0.2) is 30.6 Å². The number of nitrogens with one attached hydrogen (secondary N) is 1. The third-order valence-corrected chi connectivity index (χ3v) is 4.36. The SMILES string of the molecule is CC1CC(Nc2ccc3c(c2)CCC3)CN1C. The van der Waals surface area contributed by atoms with Crippen molar-refractivity contribution >= 4 is 5.69 Å². The molecule has 0 amide bonds. The predicted molar refractivity (Wildman–Crippen MR) is 72.6 cm³/mol. The summed E-state index contributed by atoms with van der Waals surface area (Å²) in [5, 5.41) is 3.69. The molecule has 1 N–H and O–H groups in total. The van der Waals surface area contributed by atoms with Crippen molar-refractivity contribution in [1.29, 1.82) is 0 Å². The Hall–Kier alpha value is -1.02. The van der Waals surface area contributed by atoms with Crippen LogP contribution < -0.4 is 5.32 Å². The molecule has 1 aromatic rings. The lowest BCUT2D eigenvalue weighted by molar-refractivity contribution is 0.330. The monoisotopic (exact) mass is 230 g/mol. The molecule has 2 aliphatic rings. The number of nitrogens with zero attached hydrogens (tertiary/aromatic N) is 1. The molecule has 1 aliphatic heterocycles. The zero-order valence-corrected chi connectivity index (χ0v) is 10.9. The van der Waals surface area contributed by atoms with Gasteiger partial charge in [-0.15, -0.1) is 0 Å². The van der Waals surface area contributed by atoms with E-state index in [0.29, 0.717) is 12.1 Å². The Bertz CT molecular complexity index is 403. The Labute approximate surface area is 104 Å². The number of hydrogen-bond acceptors (Lipinski definition) is 2. The molecular weight excluding hydrogens is 208 g/mol. The van der Waals surface area contributed by atoms with Gasteiger partial charge in [-0.2, -0.15) is 0 Å². The van der Waals surface area contributed by atoms with Gasteiger partial charge in [0.15, 0.2) is 0 Å². The summed E-state index contributed by atoms with van der Waals surface area (Å²) >= 11 is 0. The minimum atomic E-state index is 0.620. The lowest BCUT2D eigenvalue weighted by atomic mass is 10.1. The molecule has 2 unspecified atom stereocenters. The van der Waals surface area contributed by atoms with Crippen LogP contribution in [0, 0.1) is 0 Å². The number of fused-ring (bicyclic) bond motifs is 1. The number of benzene rings is 1. The largest absolute Gasteiger partial charge is 0.381 e. The van der Waals surface area contributed by atoms with Gasteiger partial charge in [-0.05, 0) is 62.9 Å². The van der Waals surface area contributed by atoms with Gasteiger partial charge >= 0.3 is 0 Å². The molecule has 17 heavy (non-hydrogen) atoms. The van der Waals surface area contributed by atoms with Crippen molar-refractivity contribution in [3.05, 3.63) is 29.3 Å². The topological polar surface area (TPSA) is 15.3 Å². The molecule has 2 atom stereocenters. The number of likely N-dealkylation sites (tertiary alicyclic amines) is 1. The smallest absolute Gasteiger partial charge is 0.0403 e. The van der Waals surface area contributed by atoms with Crippen LogP contribution in [0.2, 0.25) is 0 Å². The summed E-state index contributed by atoms with van der Waals surface area (Å²) in [7, 11) is 2.22. The van der Waals surface area contributed by atoms with Gasteiger partial charge in [0, 0.05) is 24.3 Å². The summed E-state index contributed by atoms with van der Waals surface area (Å²) in [5.74, 6) is 0. The van der Waals surface area contributed by atoms with Crippen molar-refractivity contribution < 1.29 is 0 Å². The van der Waals surface area contributed by atoms with Crippen LogP contribution >= 0.6 is 0 Å². The molecule has 3 rings (SSSR count). The van der Waals surface area contributed by atoms with Crippen LogP contribution in [0.25, 0.3) is 0 Å². The highest BCUT2D eigenvalue weighted by atomic mass is 15.2. The van der Waals surface area contributed by atoms with Gasteiger partial charge in [0.2, 0.25) is 0 Å². The molecule has 92 valence electrons. The maximum absolute atomic E-state index is 3.69. The van der Waals surface area contributed by atoms with Crippen LogP contribution in [0.15, 0.2) is 18.2 Å². The van der Waals surface area contributed by atoms with Gasteiger partial charge in [0.05, 0.1) is 0 Å². The van der Waals surface area contributed by atoms with E-state index in [0.717, 1.165) is 6.54 Å². The Morgan fingerprint density at radius 3 is 2.82 bits per heavy atom. The van der Waals surface area contributed by atoms with E-state index in [4.69, 9.17) is 0 Å². The van der Waals surface area contributed by atoms with E-state index >= 15 is 0 Å². The second-order valence-electron chi connectivity index (χ2n) is 5.70. The number of aryl methyl sites for hydroxylation is 2. The lowest BCUT2D eigenvalue weighted by Crippen LogP contribution is -2.24. The van der Waals surface area contributed by atoms with Crippen LogP contribution in [0.3, 0.4) is 0 Å². The number of rotatable bonds is 2. The Kier molecular flexibility index (Phi) is 2.83. The second kappa shape index (κ2) is 4.34. The van der Waals surface area contributed by atoms with E-state index in [1.807, 2.05) is 0 Å². The minimum absolute atomic E-state index is 0.620. The second-order valence-corrected chi connectivity index (χ2v) is 5.70. The number of likely N-dealkylation sites (N-methyl/N-ethyl adjacent to an activating group) is 1. The molecule has 1 aliphatic carbocycles. The van der Waals surface area contributed by atoms with E-state index < -0.39 is 0 Å². The maximum Gasteiger partial charge on any atom is 0.0403 e. The molecule has 1 saturated heterocycles. The third-order valence-electron chi connectivity index (χ3n) is 4.36. The van der Waals surface area contributed by atoms with Gasteiger partial charge in [0.25, 0.3) is 0 Å². The Morgan fingerprint density at radius 1 is 1.24 bits per heavy atom. The van der Waals surface area contributed by atoms with Crippen molar-refractivity contribution in [2.75, 3.05) is 18.9 Å². The van der Waals surface area contributed by atoms with Crippen molar-refractivity contribution in [2.24, 2.45) is 0 Å². The van der Waals surface area contributed by atoms with Gasteiger partial charge in [-0.3, -0.25) is 0 Å². The highest BCUT2D eigenvalue weighted by Crippen LogP contribution is 2.26. The zero-order chi connectivity index (χ0) is 11.8. The number of anilines is 1. The summed E-state index contributed by atoms with van der Waals surface area (Å²) in [6, 6.07) is 8.27. The van der Waals surface area contributed by atoms with Crippen molar-refractivity contribution in [1.82, 2.24) is 4.90 Å². The predicted octanol–water partition coefficient (Wildman–Crippen LogP) is 2.68. The molecule has 1 fully saturated rings. The maximum atomic E-state index is 3.69. The lowest BCUT2D eigenvalue weighted by Gasteiger charge is -2.15. The van der Waals surface area contributed by atoms with Crippen LogP contribution in [0.4, 0.5) is 5.69 Å². The normalized spacial score (nSPS) is 28.4. The molecule has 1 heterocycles. The van der Waals surface area contributed by atoms with Gasteiger partial charge in [-0.1, -0.05) is 6.07 Å². The highest BCUT2D eigenvalue weighted by molar-refractivity contribution is 5.50. The van der Waals surface area contributed by atoms with E-state index in [2.05, 4.69) is 42.4 Å². The molecule has 0 aromatic heterocycles. The van der Waals surface area contributed by atoms with Gasteiger partial charge in [-0.25, -0.2) is 0 Å². The summed E-state index contributed by atoms with van der Waals surface area (Å²) < 4.78 is 0. The fraction of sp³-hybridized carbons (Fsp3) is 0.600. The first-order chi connectivity index (χ1) is 8.22. The Morgan fingerprint density at radius 2 is 2.06 bits per heavy atom. The fourth-order valence-electron chi connectivity index (χ4n) is 3.20. The minimum Gasteiger partial charge on any atom is -0.381 e. The average molecular weight is 230 g/mol. The molecule has 1 aromatic carbocycles. The molecule has 0 saturated carbocycles. The molecule has 2 nitrogen and oxygen atoms in total. The van der Waals surface area contributed by atoms with Gasteiger partial charge in [0.1, 0.15) is 0 Å². The first-order valence-corrected chi connectivity index (χ1v) is 6.81. The first kappa shape index (κ1) is 11.1. The molecule has 0 spiro atoms. The van der Waals surface area contributed by atoms with Gasteiger partial charge < -0.3 is 10.2 Å². The Balaban J connectivity index is 1.69. The van der Waals surface area contributed by atoms with E-state index in [-0.39, 0.29) is 0 Å². The molecule has 0 radical (unpaired) electrons. The molecule has 2 heteroatoms. The summed E-state index contributed by atoms with van der Waals surface area (Å²) in [5.41, 5.74) is 4.44. The van der Waals surface area contributed by atoms with Crippen LogP contribution in [0.1, 0.15) is 30.9 Å². The van der Waals surface area contributed by atoms with E-state index in [1.165, 1.54) is 31.4 Å². The first-order valence-electron chi connectivity index (χ1n) is 6.81. The summed E-state index contributed by atoms with van der Waals surface area (Å²) in [6.45, 7) is 3.47. The van der Waals surface area contributed by atoms with Crippen LogP contribution in [0.5, 0.6) is 0 Å². The highest BCUT2D eigenvalue weighted by Gasteiger charge is 2.25. The number of hydrogen-bond donors (Lipinski definition) is 1. The van der Waals surface area contributed by atoms with Crippen molar-refractivity contribution in [3.8, 4) is 0 Å². The quantitative estimate of drug-likeness (QED) is 0.840. The summed E-state index contributed by atoms with van der Waals surface area (Å²) in [6.07, 6.45) is 5.14. The van der Waals surface area contributed by atoms with Crippen molar-refractivity contribution in [3.63, 3.8) is 0 Å². The fourth-order valence-corrected chi connectivity index (χ4v) is 3.20. The average Bonchev–Trinajstić information content (AvgIpc) is 2.86. The van der Waals surface area contributed by atoms with Crippen LogP contribution in [-0.2, 0) is 12.8 Å².